The SMILES string of the molecule is C=C(C=CC(C)=CC)C(=C)C(C)(C)CC. The van der Waals surface area contributed by atoms with Gasteiger partial charge in [-0.25, -0.2) is 0 Å². The Balaban J connectivity index is 4.62. The highest BCUT2D eigenvalue weighted by Crippen LogP contribution is 2.33. The van der Waals surface area contributed by atoms with Crippen molar-refractivity contribution in [1.82, 2.24) is 0 Å². The third-order valence-corrected chi connectivity index (χ3v) is 3.09. The van der Waals surface area contributed by atoms with Gasteiger partial charge in [-0.2, -0.15) is 0 Å². The Morgan fingerprint density at radius 1 is 1.20 bits per heavy atom. The molecule has 0 aliphatic carbocycles. The van der Waals surface area contributed by atoms with Crippen LogP contribution in [0.15, 0.2) is 48.1 Å². The highest BCUT2D eigenvalue weighted by Gasteiger charge is 2.19. The van der Waals surface area contributed by atoms with Crippen molar-refractivity contribution in [2.75, 3.05) is 0 Å². The lowest BCUT2D eigenvalue weighted by Crippen LogP contribution is -2.13. The van der Waals surface area contributed by atoms with E-state index in [1.54, 1.807) is 0 Å². The molecule has 0 nitrogen and oxygen atoms in total. The lowest BCUT2D eigenvalue weighted by Gasteiger charge is -2.26. The van der Waals surface area contributed by atoms with Gasteiger partial charge in [0.1, 0.15) is 0 Å². The fourth-order valence-corrected chi connectivity index (χ4v) is 1.08. The standard InChI is InChI=1S/C15H24/c1-8-12(3)10-11-13(4)14(5)15(6,7)9-2/h8,10-11H,4-5,9H2,1-3,6-7H3. The molecule has 0 saturated heterocycles. The summed E-state index contributed by atoms with van der Waals surface area (Å²) in [5.74, 6) is 0. The average Bonchev–Trinajstić information content (AvgIpc) is 2.23. The van der Waals surface area contributed by atoms with Crippen molar-refractivity contribution in [3.05, 3.63) is 48.1 Å². The third-order valence-electron chi connectivity index (χ3n) is 3.09. The number of rotatable bonds is 5. The van der Waals surface area contributed by atoms with E-state index in [-0.39, 0.29) is 5.41 Å². The van der Waals surface area contributed by atoms with Crippen molar-refractivity contribution in [3.63, 3.8) is 0 Å². The number of allylic oxidation sites excluding steroid dienone is 6. The maximum Gasteiger partial charge on any atom is -0.0106 e. The first-order valence-corrected chi connectivity index (χ1v) is 5.54. The van der Waals surface area contributed by atoms with Crippen molar-refractivity contribution < 1.29 is 0 Å². The quantitative estimate of drug-likeness (QED) is 0.549. The molecule has 0 bridgehead atoms. The zero-order valence-corrected chi connectivity index (χ0v) is 10.9. The van der Waals surface area contributed by atoms with Crippen molar-refractivity contribution in [2.45, 2.75) is 41.0 Å². The molecule has 0 heterocycles. The van der Waals surface area contributed by atoms with Gasteiger partial charge in [-0.1, -0.05) is 57.7 Å². The zero-order chi connectivity index (χ0) is 12.1. The normalized spacial score (nSPS) is 13.3. The van der Waals surface area contributed by atoms with Gasteiger partial charge in [0.25, 0.3) is 0 Å². The molecule has 0 aromatic rings. The summed E-state index contributed by atoms with van der Waals surface area (Å²) < 4.78 is 0. The third kappa shape index (κ3) is 4.33. The van der Waals surface area contributed by atoms with Gasteiger partial charge in [-0.05, 0) is 36.8 Å². The van der Waals surface area contributed by atoms with E-state index >= 15 is 0 Å². The molecule has 0 spiro atoms. The molecular weight excluding hydrogens is 180 g/mol. The summed E-state index contributed by atoms with van der Waals surface area (Å²) in [5, 5.41) is 0. The van der Waals surface area contributed by atoms with E-state index < -0.39 is 0 Å². The van der Waals surface area contributed by atoms with Gasteiger partial charge in [-0.3, -0.25) is 0 Å². The molecule has 0 unspecified atom stereocenters. The molecule has 0 heteroatoms. The summed E-state index contributed by atoms with van der Waals surface area (Å²) >= 11 is 0. The van der Waals surface area contributed by atoms with E-state index in [0.29, 0.717) is 0 Å². The molecule has 0 rings (SSSR count). The van der Waals surface area contributed by atoms with Crippen LogP contribution in [0.2, 0.25) is 0 Å². The molecule has 0 aromatic carbocycles. The first-order chi connectivity index (χ1) is 6.85. The van der Waals surface area contributed by atoms with Crippen LogP contribution < -0.4 is 0 Å². The maximum atomic E-state index is 4.13. The van der Waals surface area contributed by atoms with Gasteiger partial charge >= 0.3 is 0 Å². The Bertz CT molecular complexity index is 298. The van der Waals surface area contributed by atoms with Crippen LogP contribution >= 0.6 is 0 Å². The summed E-state index contributed by atoms with van der Waals surface area (Å²) in [6.07, 6.45) is 7.30. The van der Waals surface area contributed by atoms with Crippen molar-refractivity contribution >= 4 is 0 Å². The van der Waals surface area contributed by atoms with Gasteiger partial charge < -0.3 is 0 Å². The molecule has 0 aromatic heterocycles. The molecular formula is C15H24. The number of hydrogen-bond acceptors (Lipinski definition) is 0. The van der Waals surface area contributed by atoms with E-state index in [1.807, 2.05) is 6.92 Å². The molecule has 0 N–H and O–H groups in total. The van der Waals surface area contributed by atoms with Gasteiger partial charge in [0.2, 0.25) is 0 Å². The molecule has 0 aliphatic heterocycles. The summed E-state index contributed by atoms with van der Waals surface area (Å²) in [6.45, 7) is 18.9. The first kappa shape index (κ1) is 14.0. The zero-order valence-electron chi connectivity index (χ0n) is 10.9. The highest BCUT2D eigenvalue weighted by molar-refractivity contribution is 5.41. The van der Waals surface area contributed by atoms with Crippen molar-refractivity contribution in [1.29, 1.82) is 0 Å². The van der Waals surface area contributed by atoms with E-state index in [2.05, 4.69) is 59.1 Å². The van der Waals surface area contributed by atoms with Gasteiger partial charge in [0.05, 0.1) is 0 Å². The van der Waals surface area contributed by atoms with Crippen LogP contribution in [0.25, 0.3) is 0 Å². The Labute approximate surface area is 95.1 Å². The van der Waals surface area contributed by atoms with Gasteiger partial charge in [-0.15, -0.1) is 0 Å². The van der Waals surface area contributed by atoms with Crippen molar-refractivity contribution in [2.24, 2.45) is 5.41 Å². The summed E-state index contributed by atoms with van der Waals surface area (Å²) in [4.78, 5) is 0. The first-order valence-electron chi connectivity index (χ1n) is 5.54. The minimum Gasteiger partial charge on any atom is -0.0947 e. The fourth-order valence-electron chi connectivity index (χ4n) is 1.08. The molecule has 0 radical (unpaired) electrons. The molecule has 0 atom stereocenters. The summed E-state index contributed by atoms with van der Waals surface area (Å²) in [5.41, 5.74) is 3.55. The highest BCUT2D eigenvalue weighted by atomic mass is 14.2. The van der Waals surface area contributed by atoms with E-state index in [9.17, 15) is 0 Å². The smallest absolute Gasteiger partial charge is 0.0106 e. The van der Waals surface area contributed by atoms with E-state index in [0.717, 1.165) is 17.6 Å². The van der Waals surface area contributed by atoms with Crippen LogP contribution in [0, 0.1) is 5.41 Å². The summed E-state index contributed by atoms with van der Waals surface area (Å²) in [6, 6.07) is 0. The topological polar surface area (TPSA) is 0 Å². The van der Waals surface area contributed by atoms with Crippen LogP contribution in [-0.4, -0.2) is 0 Å². The lowest BCUT2D eigenvalue weighted by atomic mass is 9.79. The lowest BCUT2D eigenvalue weighted by molar-refractivity contribution is 0.438. The van der Waals surface area contributed by atoms with Crippen LogP contribution in [0.4, 0.5) is 0 Å². The predicted molar refractivity (Wildman–Crippen MR) is 70.9 cm³/mol. The van der Waals surface area contributed by atoms with Gasteiger partial charge in [0.15, 0.2) is 0 Å². The van der Waals surface area contributed by atoms with Gasteiger partial charge in [0, 0.05) is 0 Å². The van der Waals surface area contributed by atoms with E-state index in [4.69, 9.17) is 0 Å². The maximum absolute atomic E-state index is 4.13. The fraction of sp³-hybridized carbons (Fsp3) is 0.467. The molecule has 0 fully saturated rings. The Hall–Kier alpha value is -1.04. The second kappa shape index (κ2) is 5.75. The van der Waals surface area contributed by atoms with Crippen LogP contribution in [-0.2, 0) is 0 Å². The summed E-state index contributed by atoms with van der Waals surface area (Å²) in [7, 11) is 0. The molecule has 0 aliphatic rings. The minimum atomic E-state index is 0.144. The molecule has 0 saturated carbocycles. The Kier molecular flexibility index (Phi) is 5.35. The van der Waals surface area contributed by atoms with Crippen molar-refractivity contribution in [3.8, 4) is 0 Å². The predicted octanol–water partition coefficient (Wildman–Crippen LogP) is 5.06. The monoisotopic (exact) mass is 204 g/mol. The second-order valence-electron chi connectivity index (χ2n) is 4.61. The molecule has 0 amide bonds. The Morgan fingerprint density at radius 2 is 1.73 bits per heavy atom. The Morgan fingerprint density at radius 3 is 2.13 bits per heavy atom. The van der Waals surface area contributed by atoms with Crippen LogP contribution in [0.1, 0.15) is 41.0 Å². The van der Waals surface area contributed by atoms with Crippen LogP contribution in [0.3, 0.4) is 0 Å². The average molecular weight is 204 g/mol. The largest absolute Gasteiger partial charge is 0.0947 e. The van der Waals surface area contributed by atoms with E-state index in [1.165, 1.54) is 5.57 Å². The molecule has 84 valence electrons. The minimum absolute atomic E-state index is 0.144. The number of hydrogen-bond donors (Lipinski definition) is 0. The molecule has 15 heavy (non-hydrogen) atoms. The second-order valence-corrected chi connectivity index (χ2v) is 4.61. The van der Waals surface area contributed by atoms with Crippen LogP contribution in [0.5, 0.6) is 0 Å².